The van der Waals surface area contributed by atoms with Crippen molar-refractivity contribution in [2.75, 3.05) is 18.1 Å². The number of hydrogen-bond acceptors (Lipinski definition) is 3. The Morgan fingerprint density at radius 3 is 2.73 bits per heavy atom. The lowest BCUT2D eigenvalue weighted by Gasteiger charge is -2.23. The Kier molecular flexibility index (Phi) is 3.34. The second-order valence-electron chi connectivity index (χ2n) is 3.61. The molecule has 1 aliphatic rings. The van der Waals surface area contributed by atoms with Gasteiger partial charge in [-0.05, 0) is 18.9 Å². The van der Waals surface area contributed by atoms with Crippen LogP contribution >= 0.6 is 23.2 Å². The molecule has 0 spiro atoms. The fourth-order valence-electron chi connectivity index (χ4n) is 1.57. The minimum absolute atomic E-state index is 0.108. The molecule has 1 N–H and O–H groups in total. The molecular formula is C10H12Cl2N2O. The summed E-state index contributed by atoms with van der Waals surface area (Å²) in [5.41, 5.74) is 0. The standard InChI is InChI=1S/C10H12Cl2N2O/c11-7-5-9(12)10(13-6-7)14(3-4-15)8-1-2-8/h5-6,8,15H,1-4H2. The predicted octanol–water partition coefficient (Wildman–Crippen LogP) is 2.35. The number of nitrogens with zero attached hydrogens (tertiary/aromatic N) is 2. The zero-order valence-corrected chi connectivity index (χ0v) is 9.67. The molecule has 0 bridgehead atoms. The topological polar surface area (TPSA) is 36.4 Å². The van der Waals surface area contributed by atoms with Crippen LogP contribution in [0.25, 0.3) is 0 Å². The first-order chi connectivity index (χ1) is 7.22. The summed E-state index contributed by atoms with van der Waals surface area (Å²) in [4.78, 5) is 6.25. The molecule has 1 saturated carbocycles. The number of rotatable bonds is 4. The van der Waals surface area contributed by atoms with Gasteiger partial charge in [-0.25, -0.2) is 4.98 Å². The van der Waals surface area contributed by atoms with Crippen LogP contribution in [0.15, 0.2) is 12.3 Å². The van der Waals surface area contributed by atoms with E-state index in [1.54, 1.807) is 12.3 Å². The minimum Gasteiger partial charge on any atom is -0.395 e. The molecule has 0 amide bonds. The van der Waals surface area contributed by atoms with E-state index >= 15 is 0 Å². The molecule has 1 fully saturated rings. The van der Waals surface area contributed by atoms with Crippen LogP contribution in [0.5, 0.6) is 0 Å². The first kappa shape index (κ1) is 11.0. The number of anilines is 1. The molecule has 0 aliphatic heterocycles. The van der Waals surface area contributed by atoms with Crippen LogP contribution in [0.4, 0.5) is 5.82 Å². The Morgan fingerprint density at radius 2 is 2.20 bits per heavy atom. The average molecular weight is 247 g/mol. The molecule has 1 aromatic heterocycles. The Bertz CT molecular complexity index is 355. The van der Waals surface area contributed by atoms with Gasteiger partial charge in [0, 0.05) is 18.8 Å². The maximum Gasteiger partial charge on any atom is 0.147 e. The van der Waals surface area contributed by atoms with Crippen LogP contribution in [0.3, 0.4) is 0 Å². The van der Waals surface area contributed by atoms with Gasteiger partial charge < -0.3 is 10.0 Å². The van der Waals surface area contributed by atoms with Gasteiger partial charge in [0.25, 0.3) is 0 Å². The van der Waals surface area contributed by atoms with Gasteiger partial charge >= 0.3 is 0 Å². The SMILES string of the molecule is OCCN(c1ncc(Cl)cc1Cl)C1CC1. The van der Waals surface area contributed by atoms with E-state index in [0.29, 0.717) is 22.6 Å². The third-order valence-electron chi connectivity index (χ3n) is 2.39. The molecule has 1 heterocycles. The number of aromatic nitrogens is 1. The van der Waals surface area contributed by atoms with Crippen molar-refractivity contribution in [2.45, 2.75) is 18.9 Å². The Morgan fingerprint density at radius 1 is 1.47 bits per heavy atom. The van der Waals surface area contributed by atoms with Gasteiger partial charge in [0.15, 0.2) is 0 Å². The van der Waals surface area contributed by atoms with E-state index in [2.05, 4.69) is 4.98 Å². The monoisotopic (exact) mass is 246 g/mol. The molecule has 0 atom stereocenters. The minimum atomic E-state index is 0.108. The first-order valence-electron chi connectivity index (χ1n) is 4.91. The summed E-state index contributed by atoms with van der Waals surface area (Å²) in [6.07, 6.45) is 3.86. The number of pyridine rings is 1. The van der Waals surface area contributed by atoms with E-state index in [0.717, 1.165) is 18.7 Å². The average Bonchev–Trinajstić information content (AvgIpc) is 2.98. The molecule has 1 aromatic rings. The molecule has 3 nitrogen and oxygen atoms in total. The summed E-state index contributed by atoms with van der Waals surface area (Å²) in [7, 11) is 0. The molecule has 5 heteroatoms. The number of aliphatic hydroxyl groups excluding tert-OH is 1. The summed E-state index contributed by atoms with van der Waals surface area (Å²) in [6, 6.07) is 2.15. The highest BCUT2D eigenvalue weighted by Crippen LogP contribution is 2.34. The van der Waals surface area contributed by atoms with Gasteiger partial charge in [-0.1, -0.05) is 23.2 Å². The zero-order valence-electron chi connectivity index (χ0n) is 8.16. The fourth-order valence-corrected chi connectivity index (χ4v) is 2.06. The van der Waals surface area contributed by atoms with Gasteiger partial charge in [0.05, 0.1) is 16.7 Å². The highest BCUT2D eigenvalue weighted by molar-refractivity contribution is 6.36. The van der Waals surface area contributed by atoms with Gasteiger partial charge in [-0.2, -0.15) is 0 Å². The van der Waals surface area contributed by atoms with Crippen LogP contribution in [0.2, 0.25) is 10.0 Å². The van der Waals surface area contributed by atoms with Crippen LogP contribution in [0, 0.1) is 0 Å². The Balaban J connectivity index is 2.24. The number of halogens is 2. The van der Waals surface area contributed by atoms with Gasteiger partial charge in [0.2, 0.25) is 0 Å². The number of hydrogen-bond donors (Lipinski definition) is 1. The maximum absolute atomic E-state index is 8.98. The third kappa shape index (κ3) is 2.54. The molecule has 1 aliphatic carbocycles. The molecule has 0 aromatic carbocycles. The van der Waals surface area contributed by atoms with Crippen molar-refractivity contribution in [2.24, 2.45) is 0 Å². The van der Waals surface area contributed by atoms with Gasteiger partial charge in [-0.15, -0.1) is 0 Å². The summed E-state index contributed by atoms with van der Waals surface area (Å²) in [6.45, 7) is 0.677. The third-order valence-corrected chi connectivity index (χ3v) is 2.87. The van der Waals surface area contributed by atoms with Crippen LogP contribution in [-0.4, -0.2) is 29.3 Å². The van der Waals surface area contributed by atoms with E-state index in [-0.39, 0.29) is 6.61 Å². The molecule has 15 heavy (non-hydrogen) atoms. The predicted molar refractivity (Wildman–Crippen MR) is 61.7 cm³/mol. The highest BCUT2D eigenvalue weighted by atomic mass is 35.5. The van der Waals surface area contributed by atoms with Gasteiger partial charge in [-0.3, -0.25) is 0 Å². The van der Waals surface area contributed by atoms with Crippen molar-refractivity contribution in [1.29, 1.82) is 0 Å². The quantitative estimate of drug-likeness (QED) is 0.887. The van der Waals surface area contributed by atoms with Crippen molar-refractivity contribution in [3.05, 3.63) is 22.3 Å². The maximum atomic E-state index is 8.98. The number of aliphatic hydroxyl groups is 1. The van der Waals surface area contributed by atoms with Crippen LogP contribution < -0.4 is 4.90 Å². The summed E-state index contributed by atoms with van der Waals surface area (Å²) >= 11 is 11.8. The van der Waals surface area contributed by atoms with E-state index in [9.17, 15) is 0 Å². The highest BCUT2D eigenvalue weighted by Gasteiger charge is 2.30. The van der Waals surface area contributed by atoms with Gasteiger partial charge in [0.1, 0.15) is 5.82 Å². The van der Waals surface area contributed by atoms with Crippen molar-refractivity contribution in [1.82, 2.24) is 4.98 Å². The Hall–Kier alpha value is -0.510. The molecule has 82 valence electrons. The largest absolute Gasteiger partial charge is 0.395 e. The van der Waals surface area contributed by atoms with E-state index in [1.807, 2.05) is 4.90 Å². The van der Waals surface area contributed by atoms with Crippen molar-refractivity contribution < 1.29 is 5.11 Å². The second kappa shape index (κ2) is 4.56. The summed E-state index contributed by atoms with van der Waals surface area (Å²) in [5.74, 6) is 0.720. The molecular weight excluding hydrogens is 235 g/mol. The normalized spacial score (nSPS) is 15.4. The van der Waals surface area contributed by atoms with E-state index < -0.39 is 0 Å². The van der Waals surface area contributed by atoms with Crippen molar-refractivity contribution in [3.8, 4) is 0 Å². The summed E-state index contributed by atoms with van der Waals surface area (Å²) < 4.78 is 0. The second-order valence-corrected chi connectivity index (χ2v) is 4.45. The molecule has 0 unspecified atom stereocenters. The Labute approximate surface area is 98.6 Å². The van der Waals surface area contributed by atoms with E-state index in [1.165, 1.54) is 0 Å². The van der Waals surface area contributed by atoms with Crippen LogP contribution in [-0.2, 0) is 0 Å². The van der Waals surface area contributed by atoms with E-state index in [4.69, 9.17) is 28.3 Å². The van der Waals surface area contributed by atoms with Crippen molar-refractivity contribution >= 4 is 29.0 Å². The molecule has 2 rings (SSSR count). The smallest absolute Gasteiger partial charge is 0.147 e. The zero-order chi connectivity index (χ0) is 10.8. The fraction of sp³-hybridized carbons (Fsp3) is 0.500. The lowest BCUT2D eigenvalue weighted by molar-refractivity contribution is 0.301. The van der Waals surface area contributed by atoms with Crippen LogP contribution in [0.1, 0.15) is 12.8 Å². The van der Waals surface area contributed by atoms with Crippen molar-refractivity contribution in [3.63, 3.8) is 0 Å². The molecule has 0 radical (unpaired) electrons. The lowest BCUT2D eigenvalue weighted by atomic mass is 10.4. The first-order valence-corrected chi connectivity index (χ1v) is 5.66. The molecule has 0 saturated heterocycles. The lowest BCUT2D eigenvalue weighted by Crippen LogP contribution is -2.29. The summed E-state index contributed by atoms with van der Waals surface area (Å²) in [5, 5.41) is 10.1.